The quantitative estimate of drug-likeness (QED) is 0.730. The van der Waals surface area contributed by atoms with E-state index in [1.807, 2.05) is 23.2 Å². The molecule has 0 radical (unpaired) electrons. The molecule has 0 aliphatic heterocycles. The lowest BCUT2D eigenvalue weighted by atomic mass is 10.1. The van der Waals surface area contributed by atoms with E-state index in [-0.39, 0.29) is 0 Å². The molecule has 0 amide bonds. The van der Waals surface area contributed by atoms with Gasteiger partial charge in [-0.05, 0) is 42.3 Å². The second kappa shape index (κ2) is 6.90. The minimum absolute atomic E-state index is 0.302. The third-order valence-corrected chi connectivity index (χ3v) is 4.19. The monoisotopic (exact) mass is 355 g/mol. The topological polar surface area (TPSA) is 29.9 Å². The summed E-state index contributed by atoms with van der Waals surface area (Å²) in [5.74, 6) is 0. The average molecular weight is 356 g/mol. The standard InChI is InChI=1S/C18H18BrN3/c1-14(21-12-15-3-2-4-17(19)11-15)16-5-7-18(8-6-16)22-10-9-20-13-22/h2-11,13-14,21H,12H2,1H3. The van der Waals surface area contributed by atoms with Crippen LogP contribution in [0.3, 0.4) is 0 Å². The Labute approximate surface area is 139 Å². The van der Waals surface area contributed by atoms with E-state index < -0.39 is 0 Å². The third kappa shape index (κ3) is 3.64. The van der Waals surface area contributed by atoms with Gasteiger partial charge in [0.05, 0.1) is 6.33 Å². The normalized spacial score (nSPS) is 12.3. The van der Waals surface area contributed by atoms with Gasteiger partial charge in [0.2, 0.25) is 0 Å². The van der Waals surface area contributed by atoms with Gasteiger partial charge in [-0.3, -0.25) is 0 Å². The molecule has 1 aromatic heterocycles. The molecule has 0 saturated heterocycles. The van der Waals surface area contributed by atoms with Gasteiger partial charge < -0.3 is 9.88 Å². The molecule has 1 atom stereocenters. The van der Waals surface area contributed by atoms with E-state index in [1.54, 1.807) is 6.20 Å². The van der Waals surface area contributed by atoms with Gasteiger partial charge in [-0.15, -0.1) is 0 Å². The number of rotatable bonds is 5. The maximum Gasteiger partial charge on any atom is 0.0991 e. The largest absolute Gasteiger partial charge is 0.306 e. The minimum Gasteiger partial charge on any atom is -0.306 e. The van der Waals surface area contributed by atoms with E-state index in [4.69, 9.17) is 0 Å². The first kappa shape index (κ1) is 15.0. The summed E-state index contributed by atoms with van der Waals surface area (Å²) in [4.78, 5) is 4.07. The predicted molar refractivity (Wildman–Crippen MR) is 93.0 cm³/mol. The van der Waals surface area contributed by atoms with Crippen molar-refractivity contribution in [2.75, 3.05) is 0 Å². The molecule has 0 saturated carbocycles. The highest BCUT2D eigenvalue weighted by molar-refractivity contribution is 9.10. The van der Waals surface area contributed by atoms with E-state index >= 15 is 0 Å². The Morgan fingerprint density at radius 3 is 2.68 bits per heavy atom. The van der Waals surface area contributed by atoms with Gasteiger partial charge in [0.15, 0.2) is 0 Å². The summed E-state index contributed by atoms with van der Waals surface area (Å²) in [5.41, 5.74) is 3.68. The maximum absolute atomic E-state index is 4.07. The molecule has 0 aliphatic carbocycles. The van der Waals surface area contributed by atoms with Crippen LogP contribution in [0.25, 0.3) is 5.69 Å². The molecule has 1 heterocycles. The van der Waals surface area contributed by atoms with Gasteiger partial charge in [0, 0.05) is 35.1 Å². The van der Waals surface area contributed by atoms with Crippen molar-refractivity contribution in [3.63, 3.8) is 0 Å². The molecule has 22 heavy (non-hydrogen) atoms. The van der Waals surface area contributed by atoms with Crippen LogP contribution in [0, 0.1) is 0 Å². The van der Waals surface area contributed by atoms with Crippen LogP contribution in [0.2, 0.25) is 0 Å². The van der Waals surface area contributed by atoms with Crippen LogP contribution >= 0.6 is 15.9 Å². The fourth-order valence-electron chi connectivity index (χ4n) is 2.38. The van der Waals surface area contributed by atoms with Crippen LogP contribution in [0.5, 0.6) is 0 Å². The van der Waals surface area contributed by atoms with Crippen molar-refractivity contribution in [3.8, 4) is 5.69 Å². The molecule has 3 rings (SSSR count). The van der Waals surface area contributed by atoms with Crippen molar-refractivity contribution in [3.05, 3.63) is 82.9 Å². The molecule has 0 spiro atoms. The number of benzene rings is 2. The zero-order valence-corrected chi connectivity index (χ0v) is 14.0. The summed E-state index contributed by atoms with van der Waals surface area (Å²) in [6, 6.07) is 17.2. The van der Waals surface area contributed by atoms with E-state index in [9.17, 15) is 0 Å². The fourth-order valence-corrected chi connectivity index (χ4v) is 2.83. The number of aromatic nitrogens is 2. The van der Waals surface area contributed by atoms with Crippen LogP contribution < -0.4 is 5.32 Å². The molecule has 2 aromatic carbocycles. The number of nitrogens with zero attached hydrogens (tertiary/aromatic N) is 2. The van der Waals surface area contributed by atoms with Gasteiger partial charge in [0.1, 0.15) is 0 Å². The molecule has 4 heteroatoms. The maximum atomic E-state index is 4.07. The van der Waals surface area contributed by atoms with E-state index in [0.29, 0.717) is 6.04 Å². The molecule has 0 bridgehead atoms. The predicted octanol–water partition coefficient (Wildman–Crippen LogP) is 4.49. The second-order valence-electron chi connectivity index (χ2n) is 5.29. The zero-order valence-electron chi connectivity index (χ0n) is 12.4. The van der Waals surface area contributed by atoms with Crippen LogP contribution in [-0.4, -0.2) is 9.55 Å². The van der Waals surface area contributed by atoms with Crippen molar-refractivity contribution >= 4 is 15.9 Å². The van der Waals surface area contributed by atoms with Crippen molar-refractivity contribution in [1.29, 1.82) is 0 Å². The molecule has 1 N–H and O–H groups in total. The van der Waals surface area contributed by atoms with Gasteiger partial charge in [-0.1, -0.05) is 40.2 Å². The summed E-state index contributed by atoms with van der Waals surface area (Å²) in [6.45, 7) is 3.04. The Bertz CT molecular complexity index is 720. The first-order chi connectivity index (χ1) is 10.7. The highest BCUT2D eigenvalue weighted by Gasteiger charge is 2.05. The summed E-state index contributed by atoms with van der Waals surface area (Å²) in [5, 5.41) is 3.56. The van der Waals surface area contributed by atoms with Crippen molar-refractivity contribution in [2.24, 2.45) is 0 Å². The molecular formula is C18H18BrN3. The molecule has 0 aliphatic rings. The Morgan fingerprint density at radius 1 is 1.18 bits per heavy atom. The zero-order chi connectivity index (χ0) is 15.4. The average Bonchev–Trinajstić information content (AvgIpc) is 3.07. The number of hydrogen-bond donors (Lipinski definition) is 1. The number of imidazole rings is 1. The summed E-state index contributed by atoms with van der Waals surface area (Å²) < 4.78 is 3.12. The lowest BCUT2D eigenvalue weighted by Gasteiger charge is -2.15. The molecule has 112 valence electrons. The van der Waals surface area contributed by atoms with Gasteiger partial charge >= 0.3 is 0 Å². The minimum atomic E-state index is 0.302. The summed E-state index contributed by atoms with van der Waals surface area (Å²) in [6.07, 6.45) is 5.55. The Kier molecular flexibility index (Phi) is 4.71. The summed E-state index contributed by atoms with van der Waals surface area (Å²) in [7, 11) is 0. The Hall–Kier alpha value is -1.91. The van der Waals surface area contributed by atoms with Crippen LogP contribution in [0.15, 0.2) is 71.7 Å². The van der Waals surface area contributed by atoms with Crippen molar-refractivity contribution in [2.45, 2.75) is 19.5 Å². The SMILES string of the molecule is CC(NCc1cccc(Br)c1)c1ccc(-n2ccnc2)cc1. The van der Waals surface area contributed by atoms with Crippen LogP contribution in [0.1, 0.15) is 24.1 Å². The first-order valence-corrected chi connectivity index (χ1v) is 8.08. The van der Waals surface area contributed by atoms with E-state index in [0.717, 1.165) is 16.7 Å². The van der Waals surface area contributed by atoms with E-state index in [2.05, 4.69) is 75.6 Å². The molecule has 0 fully saturated rings. The van der Waals surface area contributed by atoms with E-state index in [1.165, 1.54) is 11.1 Å². The third-order valence-electron chi connectivity index (χ3n) is 3.70. The molecule has 3 aromatic rings. The fraction of sp³-hybridized carbons (Fsp3) is 0.167. The molecule has 1 unspecified atom stereocenters. The number of nitrogens with one attached hydrogen (secondary N) is 1. The molecular weight excluding hydrogens is 338 g/mol. The van der Waals surface area contributed by atoms with Crippen LogP contribution in [0.4, 0.5) is 0 Å². The summed E-state index contributed by atoms with van der Waals surface area (Å²) >= 11 is 3.51. The van der Waals surface area contributed by atoms with Gasteiger partial charge in [-0.2, -0.15) is 0 Å². The smallest absolute Gasteiger partial charge is 0.0991 e. The lowest BCUT2D eigenvalue weighted by Crippen LogP contribution is -2.18. The molecule has 3 nitrogen and oxygen atoms in total. The Balaban J connectivity index is 1.63. The lowest BCUT2D eigenvalue weighted by molar-refractivity contribution is 0.574. The highest BCUT2D eigenvalue weighted by atomic mass is 79.9. The van der Waals surface area contributed by atoms with Crippen molar-refractivity contribution < 1.29 is 0 Å². The van der Waals surface area contributed by atoms with Gasteiger partial charge in [-0.25, -0.2) is 4.98 Å². The second-order valence-corrected chi connectivity index (χ2v) is 6.21. The number of halogens is 1. The number of hydrogen-bond acceptors (Lipinski definition) is 2. The first-order valence-electron chi connectivity index (χ1n) is 7.28. The highest BCUT2D eigenvalue weighted by Crippen LogP contribution is 2.17. The van der Waals surface area contributed by atoms with Crippen LogP contribution in [-0.2, 0) is 6.54 Å². The van der Waals surface area contributed by atoms with Crippen molar-refractivity contribution in [1.82, 2.24) is 14.9 Å². The Morgan fingerprint density at radius 2 is 2.00 bits per heavy atom. The van der Waals surface area contributed by atoms with Gasteiger partial charge in [0.25, 0.3) is 0 Å².